The van der Waals surface area contributed by atoms with Gasteiger partial charge in [-0.25, -0.2) is 4.98 Å². The second-order valence-electron chi connectivity index (χ2n) is 3.86. The smallest absolute Gasteiger partial charge is 0.307 e. The number of nitrogens with zero attached hydrogens (tertiary/aromatic N) is 2. The number of anilines is 1. The predicted molar refractivity (Wildman–Crippen MR) is 61.6 cm³/mol. The van der Waals surface area contributed by atoms with Crippen molar-refractivity contribution in [1.29, 1.82) is 0 Å². The van der Waals surface area contributed by atoms with Crippen LogP contribution >= 0.6 is 0 Å². The molecule has 1 atom stereocenters. The maximum Gasteiger partial charge on any atom is 0.307 e. The molecule has 0 spiro atoms. The van der Waals surface area contributed by atoms with E-state index in [9.17, 15) is 17.1 Å². The number of amides is 1. The molecule has 1 aromatic heterocycles. The molecule has 1 fully saturated rings. The second kappa shape index (κ2) is 4.52. The van der Waals surface area contributed by atoms with Crippen molar-refractivity contribution >= 4 is 21.8 Å². The fourth-order valence-corrected chi connectivity index (χ4v) is 2.43. The summed E-state index contributed by atoms with van der Waals surface area (Å²) in [6.45, 7) is -0.189. The first-order chi connectivity index (χ1) is 8.41. The summed E-state index contributed by atoms with van der Waals surface area (Å²) < 4.78 is 39.2. The van der Waals surface area contributed by atoms with Crippen LogP contribution in [0.2, 0.25) is 0 Å². The van der Waals surface area contributed by atoms with Gasteiger partial charge in [-0.15, -0.1) is 3.89 Å². The molecule has 0 saturated carbocycles. The van der Waals surface area contributed by atoms with Crippen LogP contribution in [0.4, 0.5) is 9.57 Å². The molecule has 2 heterocycles. The van der Waals surface area contributed by atoms with Crippen molar-refractivity contribution in [2.24, 2.45) is 0 Å². The predicted octanol–water partition coefficient (Wildman–Crippen LogP) is 0.495. The van der Waals surface area contributed by atoms with E-state index in [0.29, 0.717) is 11.6 Å². The molecule has 98 valence electrons. The summed E-state index contributed by atoms with van der Waals surface area (Å²) >= 11 is 0. The van der Waals surface area contributed by atoms with Gasteiger partial charge in [-0.05, 0) is 6.07 Å². The van der Waals surface area contributed by atoms with Crippen molar-refractivity contribution in [2.45, 2.75) is 11.7 Å². The van der Waals surface area contributed by atoms with Crippen LogP contribution in [0.5, 0.6) is 5.88 Å². The largest absolute Gasteiger partial charge is 0.481 e. The van der Waals surface area contributed by atoms with E-state index in [0.717, 1.165) is 0 Å². The zero-order chi connectivity index (χ0) is 13.3. The lowest BCUT2D eigenvalue weighted by Gasteiger charge is -2.15. The lowest BCUT2D eigenvalue weighted by Crippen LogP contribution is -2.26. The first-order valence-corrected chi connectivity index (χ1v) is 6.60. The van der Waals surface area contributed by atoms with E-state index in [1.54, 1.807) is 12.1 Å². The quantitative estimate of drug-likeness (QED) is 0.750. The number of halogens is 1. The number of rotatable bonds is 3. The number of ether oxygens (including phenoxy) is 1. The highest BCUT2D eigenvalue weighted by molar-refractivity contribution is 7.87. The van der Waals surface area contributed by atoms with Gasteiger partial charge in [0.25, 0.3) is 0 Å². The third kappa shape index (κ3) is 2.42. The van der Waals surface area contributed by atoms with Crippen LogP contribution in [-0.4, -0.2) is 38.2 Å². The van der Waals surface area contributed by atoms with Crippen LogP contribution in [0.3, 0.4) is 0 Å². The third-order valence-corrected chi connectivity index (χ3v) is 3.84. The molecule has 18 heavy (non-hydrogen) atoms. The first-order valence-electron chi connectivity index (χ1n) is 5.15. The number of carbonyl (C=O) groups is 1. The summed E-state index contributed by atoms with van der Waals surface area (Å²) in [7, 11) is -3.24. The molecular formula is C10H11FN2O4S. The zero-order valence-electron chi connectivity index (χ0n) is 9.54. The average molecular weight is 274 g/mol. The maximum atomic E-state index is 12.8. The van der Waals surface area contributed by atoms with Gasteiger partial charge in [-0.2, -0.15) is 8.42 Å². The van der Waals surface area contributed by atoms with Gasteiger partial charge in [-0.1, -0.05) is 0 Å². The minimum Gasteiger partial charge on any atom is -0.481 e. The molecule has 8 heteroatoms. The molecule has 1 aliphatic heterocycles. The van der Waals surface area contributed by atoms with Crippen LogP contribution in [-0.2, 0) is 15.0 Å². The SMILES string of the molecule is COc1ccc(N2CC(S(=O)(=O)F)CC2=O)cn1. The Morgan fingerprint density at radius 1 is 1.50 bits per heavy atom. The van der Waals surface area contributed by atoms with Gasteiger partial charge >= 0.3 is 10.2 Å². The Hall–Kier alpha value is -1.70. The number of hydrogen-bond donors (Lipinski definition) is 0. The highest BCUT2D eigenvalue weighted by atomic mass is 32.3. The third-order valence-electron chi connectivity index (χ3n) is 2.73. The topological polar surface area (TPSA) is 76.6 Å². The summed E-state index contributed by atoms with van der Waals surface area (Å²) in [5.41, 5.74) is 0.423. The molecule has 0 radical (unpaired) electrons. The highest BCUT2D eigenvalue weighted by Crippen LogP contribution is 2.26. The fourth-order valence-electron chi connectivity index (χ4n) is 1.77. The summed E-state index contributed by atoms with van der Waals surface area (Å²) in [6.07, 6.45) is 1.04. The van der Waals surface area contributed by atoms with Gasteiger partial charge in [0.15, 0.2) is 0 Å². The molecule has 1 amide bonds. The van der Waals surface area contributed by atoms with Crippen molar-refractivity contribution in [2.75, 3.05) is 18.6 Å². The van der Waals surface area contributed by atoms with Gasteiger partial charge in [0.05, 0.1) is 19.0 Å². The molecule has 1 unspecified atom stereocenters. The van der Waals surface area contributed by atoms with Crippen LogP contribution in [0.25, 0.3) is 0 Å². The van der Waals surface area contributed by atoms with Gasteiger partial charge < -0.3 is 9.64 Å². The Morgan fingerprint density at radius 2 is 2.22 bits per heavy atom. The normalized spacial score (nSPS) is 20.2. The summed E-state index contributed by atoms with van der Waals surface area (Å²) in [4.78, 5) is 16.7. The van der Waals surface area contributed by atoms with Gasteiger partial charge in [0.2, 0.25) is 11.8 Å². The van der Waals surface area contributed by atoms with Crippen molar-refractivity contribution in [1.82, 2.24) is 4.98 Å². The van der Waals surface area contributed by atoms with E-state index >= 15 is 0 Å². The van der Waals surface area contributed by atoms with Gasteiger partial charge in [0, 0.05) is 19.0 Å². The minimum atomic E-state index is -4.70. The summed E-state index contributed by atoms with van der Waals surface area (Å²) in [6, 6.07) is 3.11. The monoisotopic (exact) mass is 274 g/mol. The van der Waals surface area contributed by atoms with Gasteiger partial charge in [0.1, 0.15) is 5.25 Å². The van der Waals surface area contributed by atoms with Crippen LogP contribution in [0, 0.1) is 0 Å². The molecule has 1 aliphatic rings. The van der Waals surface area contributed by atoms with E-state index in [4.69, 9.17) is 4.74 Å². The number of hydrogen-bond acceptors (Lipinski definition) is 5. The van der Waals surface area contributed by atoms with E-state index in [1.807, 2.05) is 0 Å². The molecule has 6 nitrogen and oxygen atoms in total. The van der Waals surface area contributed by atoms with E-state index in [-0.39, 0.29) is 13.0 Å². The minimum absolute atomic E-state index is 0.189. The van der Waals surface area contributed by atoms with Crippen molar-refractivity contribution < 1.29 is 21.8 Å². The Morgan fingerprint density at radius 3 is 2.67 bits per heavy atom. The number of carbonyl (C=O) groups excluding carboxylic acids is 1. The van der Waals surface area contributed by atoms with Crippen molar-refractivity contribution in [3.05, 3.63) is 18.3 Å². The Labute approximate surface area is 104 Å². The molecule has 1 aromatic rings. The first kappa shape index (κ1) is 12.7. The average Bonchev–Trinajstić information content (AvgIpc) is 2.71. The van der Waals surface area contributed by atoms with Crippen LogP contribution in [0.1, 0.15) is 6.42 Å². The summed E-state index contributed by atoms with van der Waals surface area (Å²) in [5, 5.41) is -1.30. The molecule has 1 saturated heterocycles. The molecule has 0 aromatic carbocycles. The van der Waals surface area contributed by atoms with E-state index in [2.05, 4.69) is 4.98 Å². The second-order valence-corrected chi connectivity index (χ2v) is 5.48. The van der Waals surface area contributed by atoms with E-state index in [1.165, 1.54) is 18.2 Å². The number of methoxy groups -OCH3 is 1. The molecule has 0 N–H and O–H groups in total. The molecule has 2 rings (SSSR count). The molecular weight excluding hydrogens is 263 g/mol. The van der Waals surface area contributed by atoms with Gasteiger partial charge in [-0.3, -0.25) is 4.79 Å². The number of aromatic nitrogens is 1. The van der Waals surface area contributed by atoms with Crippen molar-refractivity contribution in [3.63, 3.8) is 0 Å². The Kier molecular flexibility index (Phi) is 3.20. The number of pyridine rings is 1. The van der Waals surface area contributed by atoms with Crippen LogP contribution in [0.15, 0.2) is 18.3 Å². The zero-order valence-corrected chi connectivity index (χ0v) is 10.4. The summed E-state index contributed by atoms with van der Waals surface area (Å²) in [5.74, 6) is -0.0618. The molecule has 0 bridgehead atoms. The van der Waals surface area contributed by atoms with E-state index < -0.39 is 21.4 Å². The van der Waals surface area contributed by atoms with Crippen molar-refractivity contribution in [3.8, 4) is 5.88 Å². The molecule has 0 aliphatic carbocycles. The maximum absolute atomic E-state index is 12.8. The van der Waals surface area contributed by atoms with Crippen LogP contribution < -0.4 is 9.64 Å². The Bertz CT molecular complexity index is 558. The lowest BCUT2D eigenvalue weighted by atomic mass is 10.4. The Balaban J connectivity index is 2.21. The fraction of sp³-hybridized carbons (Fsp3) is 0.400. The lowest BCUT2D eigenvalue weighted by molar-refractivity contribution is -0.117. The standard InChI is InChI=1S/C10H11FN2O4S/c1-17-9-3-2-7(5-12-9)13-6-8(4-10(13)14)18(11,15)16/h2-3,5,8H,4,6H2,1H3. The highest BCUT2D eigenvalue weighted by Gasteiger charge is 2.39.